The van der Waals surface area contributed by atoms with Crippen LogP contribution in [-0.4, -0.2) is 57.5 Å². The van der Waals surface area contributed by atoms with E-state index in [0.717, 1.165) is 5.56 Å². The predicted octanol–water partition coefficient (Wildman–Crippen LogP) is 3.27. The number of ether oxygens (including phenoxy) is 4. The molecular weight excluding hydrogens is 398 g/mol. The van der Waals surface area contributed by atoms with Crippen molar-refractivity contribution in [3.05, 3.63) is 47.5 Å². The Hall–Kier alpha value is -2.77. The minimum Gasteiger partial charge on any atom is -0.493 e. The standard InChI is InChI=1S/C24H33NO6/c1-16(2)25-14-19(26)15-31-24-12-17(7-10-22(24)29-4)6-9-20(27)18-8-11-21(28-3)23(13-18)30-5/h7-8,10-13,16,19,25-26H,6,9,14-15H2,1-5H3. The summed E-state index contributed by atoms with van der Waals surface area (Å²) in [5, 5.41) is 13.3. The van der Waals surface area contributed by atoms with E-state index in [4.69, 9.17) is 18.9 Å². The van der Waals surface area contributed by atoms with Crippen LogP contribution in [0.1, 0.15) is 36.2 Å². The molecule has 31 heavy (non-hydrogen) atoms. The van der Waals surface area contributed by atoms with Crippen molar-refractivity contribution >= 4 is 5.78 Å². The van der Waals surface area contributed by atoms with Gasteiger partial charge in [-0.05, 0) is 42.3 Å². The maximum atomic E-state index is 12.6. The molecule has 0 amide bonds. The fraction of sp³-hybridized carbons (Fsp3) is 0.458. The highest BCUT2D eigenvalue weighted by Crippen LogP contribution is 2.30. The first kappa shape index (κ1) is 24.5. The summed E-state index contributed by atoms with van der Waals surface area (Å²) in [6, 6.07) is 11.0. The molecule has 7 nitrogen and oxygen atoms in total. The van der Waals surface area contributed by atoms with Crippen molar-refractivity contribution in [2.24, 2.45) is 0 Å². The average molecular weight is 432 g/mol. The highest BCUT2D eigenvalue weighted by Gasteiger charge is 2.13. The van der Waals surface area contributed by atoms with Crippen LogP contribution in [0.15, 0.2) is 36.4 Å². The molecule has 170 valence electrons. The van der Waals surface area contributed by atoms with Gasteiger partial charge in [-0.25, -0.2) is 0 Å². The second-order valence-electron chi connectivity index (χ2n) is 7.51. The number of hydrogen-bond acceptors (Lipinski definition) is 7. The molecule has 0 saturated carbocycles. The van der Waals surface area contributed by atoms with Crippen LogP contribution < -0.4 is 24.3 Å². The Morgan fingerprint density at radius 3 is 2.23 bits per heavy atom. The van der Waals surface area contributed by atoms with Gasteiger partial charge < -0.3 is 29.4 Å². The number of carbonyl (C=O) groups excluding carboxylic acids is 1. The van der Waals surface area contributed by atoms with Gasteiger partial charge in [0.25, 0.3) is 0 Å². The number of aliphatic hydroxyl groups is 1. The third-order valence-corrected chi connectivity index (χ3v) is 4.77. The quantitative estimate of drug-likeness (QED) is 0.471. The number of aliphatic hydroxyl groups excluding tert-OH is 1. The van der Waals surface area contributed by atoms with E-state index >= 15 is 0 Å². The lowest BCUT2D eigenvalue weighted by Crippen LogP contribution is -2.35. The first-order chi connectivity index (χ1) is 14.9. The van der Waals surface area contributed by atoms with E-state index in [1.54, 1.807) is 39.5 Å². The summed E-state index contributed by atoms with van der Waals surface area (Å²) in [6.07, 6.45) is 0.245. The predicted molar refractivity (Wildman–Crippen MR) is 120 cm³/mol. The molecule has 0 saturated heterocycles. The van der Waals surface area contributed by atoms with Crippen LogP contribution in [0.4, 0.5) is 0 Å². The zero-order valence-corrected chi connectivity index (χ0v) is 18.9. The van der Waals surface area contributed by atoms with Crippen LogP contribution in [-0.2, 0) is 6.42 Å². The summed E-state index contributed by atoms with van der Waals surface area (Å²) < 4.78 is 21.6. The van der Waals surface area contributed by atoms with Gasteiger partial charge >= 0.3 is 0 Å². The molecule has 0 spiro atoms. The van der Waals surface area contributed by atoms with Crippen molar-refractivity contribution in [1.29, 1.82) is 0 Å². The van der Waals surface area contributed by atoms with Crippen LogP contribution in [0.25, 0.3) is 0 Å². The van der Waals surface area contributed by atoms with Crippen molar-refractivity contribution in [1.82, 2.24) is 5.32 Å². The molecule has 2 rings (SSSR count). The fourth-order valence-corrected chi connectivity index (χ4v) is 3.02. The molecule has 1 atom stereocenters. The van der Waals surface area contributed by atoms with Crippen molar-refractivity contribution in [3.63, 3.8) is 0 Å². The van der Waals surface area contributed by atoms with Crippen LogP contribution in [0.5, 0.6) is 23.0 Å². The molecule has 0 aliphatic rings. The average Bonchev–Trinajstić information content (AvgIpc) is 2.79. The summed E-state index contributed by atoms with van der Waals surface area (Å²) in [5.41, 5.74) is 1.52. The Kier molecular flexibility index (Phi) is 9.62. The Bertz CT molecular complexity index is 852. The molecule has 7 heteroatoms. The first-order valence-corrected chi connectivity index (χ1v) is 10.3. The molecule has 2 aromatic carbocycles. The smallest absolute Gasteiger partial charge is 0.163 e. The summed E-state index contributed by atoms with van der Waals surface area (Å²) in [7, 11) is 4.67. The largest absolute Gasteiger partial charge is 0.493 e. The number of rotatable bonds is 13. The molecule has 2 aromatic rings. The molecular formula is C24H33NO6. The number of hydrogen-bond donors (Lipinski definition) is 2. The van der Waals surface area contributed by atoms with Crippen molar-refractivity contribution < 1.29 is 28.8 Å². The lowest BCUT2D eigenvalue weighted by molar-refractivity contribution is 0.0982. The molecule has 0 bridgehead atoms. The van der Waals surface area contributed by atoms with E-state index in [1.165, 1.54) is 0 Å². The molecule has 0 fully saturated rings. The monoisotopic (exact) mass is 431 g/mol. The Balaban J connectivity index is 2.00. The number of aryl methyl sites for hydroxylation is 1. The maximum Gasteiger partial charge on any atom is 0.163 e. The minimum absolute atomic E-state index is 0.00872. The van der Waals surface area contributed by atoms with Crippen LogP contribution in [0.3, 0.4) is 0 Å². The van der Waals surface area contributed by atoms with Crippen LogP contribution in [0, 0.1) is 0 Å². The second kappa shape index (κ2) is 12.2. The molecule has 0 radical (unpaired) electrons. The third kappa shape index (κ3) is 7.45. The van der Waals surface area contributed by atoms with Gasteiger partial charge in [-0.2, -0.15) is 0 Å². The summed E-state index contributed by atoms with van der Waals surface area (Å²) in [5.74, 6) is 2.25. The van der Waals surface area contributed by atoms with Gasteiger partial charge in [0.2, 0.25) is 0 Å². The van der Waals surface area contributed by atoms with E-state index in [0.29, 0.717) is 47.9 Å². The van der Waals surface area contributed by atoms with Gasteiger partial charge in [0, 0.05) is 24.6 Å². The Labute approximate surface area is 184 Å². The molecule has 0 aromatic heterocycles. The van der Waals surface area contributed by atoms with Crippen LogP contribution >= 0.6 is 0 Å². The highest BCUT2D eigenvalue weighted by atomic mass is 16.5. The Morgan fingerprint density at radius 2 is 1.58 bits per heavy atom. The van der Waals surface area contributed by atoms with E-state index in [2.05, 4.69) is 5.32 Å². The summed E-state index contributed by atoms with van der Waals surface area (Å²) in [6.45, 7) is 4.62. The van der Waals surface area contributed by atoms with E-state index in [1.807, 2.05) is 32.0 Å². The highest BCUT2D eigenvalue weighted by molar-refractivity contribution is 5.96. The van der Waals surface area contributed by atoms with Crippen molar-refractivity contribution in [2.45, 2.75) is 38.8 Å². The lowest BCUT2D eigenvalue weighted by atomic mass is 10.0. The summed E-state index contributed by atoms with van der Waals surface area (Å²) in [4.78, 5) is 12.6. The van der Waals surface area contributed by atoms with E-state index in [9.17, 15) is 9.90 Å². The summed E-state index contributed by atoms with van der Waals surface area (Å²) >= 11 is 0. The normalized spacial score (nSPS) is 11.8. The van der Waals surface area contributed by atoms with Gasteiger partial charge in [-0.1, -0.05) is 19.9 Å². The minimum atomic E-state index is -0.637. The lowest BCUT2D eigenvalue weighted by Gasteiger charge is -2.17. The van der Waals surface area contributed by atoms with Gasteiger partial charge in [-0.3, -0.25) is 4.79 Å². The van der Waals surface area contributed by atoms with Gasteiger partial charge in [0.1, 0.15) is 12.7 Å². The van der Waals surface area contributed by atoms with Gasteiger partial charge in [0.05, 0.1) is 21.3 Å². The van der Waals surface area contributed by atoms with E-state index in [-0.39, 0.29) is 18.4 Å². The van der Waals surface area contributed by atoms with Gasteiger partial charge in [-0.15, -0.1) is 0 Å². The SMILES string of the molecule is COc1ccc(C(=O)CCc2ccc(OC)c(OCC(O)CNC(C)C)c2)cc1OC. The van der Waals surface area contributed by atoms with Crippen molar-refractivity contribution in [2.75, 3.05) is 34.5 Å². The second-order valence-corrected chi connectivity index (χ2v) is 7.51. The van der Waals surface area contributed by atoms with Crippen molar-refractivity contribution in [3.8, 4) is 23.0 Å². The number of methoxy groups -OCH3 is 3. The number of Topliss-reactive ketones (excluding diaryl/α,β-unsaturated/α-hetero) is 1. The molecule has 0 heterocycles. The molecule has 0 aliphatic carbocycles. The number of carbonyl (C=O) groups is 1. The van der Waals surface area contributed by atoms with E-state index < -0.39 is 6.10 Å². The zero-order chi connectivity index (χ0) is 22.8. The number of ketones is 1. The molecule has 0 aliphatic heterocycles. The molecule has 2 N–H and O–H groups in total. The fourth-order valence-electron chi connectivity index (χ4n) is 3.02. The molecule has 1 unspecified atom stereocenters. The first-order valence-electron chi connectivity index (χ1n) is 10.3. The zero-order valence-electron chi connectivity index (χ0n) is 18.9. The van der Waals surface area contributed by atoms with Crippen LogP contribution in [0.2, 0.25) is 0 Å². The maximum absolute atomic E-state index is 12.6. The number of benzene rings is 2. The number of nitrogens with one attached hydrogen (secondary N) is 1. The topological polar surface area (TPSA) is 86.3 Å². The third-order valence-electron chi connectivity index (χ3n) is 4.77. The Morgan fingerprint density at radius 1 is 0.935 bits per heavy atom. The van der Waals surface area contributed by atoms with Gasteiger partial charge in [0.15, 0.2) is 28.8 Å².